The fourth-order valence-corrected chi connectivity index (χ4v) is 1.48. The van der Waals surface area contributed by atoms with Gasteiger partial charge in [-0.1, -0.05) is 18.2 Å². The summed E-state index contributed by atoms with van der Waals surface area (Å²) in [6.07, 6.45) is -0.422. The number of nitrogens with one attached hydrogen (secondary N) is 1. The van der Waals surface area contributed by atoms with E-state index in [9.17, 15) is 4.79 Å². The van der Waals surface area contributed by atoms with Gasteiger partial charge in [0, 0.05) is 12.2 Å². The van der Waals surface area contributed by atoms with Crippen molar-refractivity contribution in [3.63, 3.8) is 0 Å². The highest BCUT2D eigenvalue weighted by atomic mass is 16.3. The first-order valence-electron chi connectivity index (χ1n) is 5.29. The lowest BCUT2D eigenvalue weighted by Gasteiger charge is -2.17. The molecule has 0 fully saturated rings. The molecule has 0 aliphatic heterocycles. The van der Waals surface area contributed by atoms with E-state index in [4.69, 9.17) is 5.11 Å². The van der Waals surface area contributed by atoms with Gasteiger partial charge in [-0.15, -0.1) is 0 Å². The maximum atomic E-state index is 11.6. The van der Waals surface area contributed by atoms with Gasteiger partial charge in [-0.3, -0.25) is 9.69 Å². The number of aliphatic hydroxyl groups excluding tert-OH is 1. The number of likely N-dealkylation sites (N-methyl/N-ethyl adjacent to an activating group) is 1. The summed E-state index contributed by atoms with van der Waals surface area (Å²) in [5.74, 6) is -0.0747. The Balaban J connectivity index is 2.36. The molecule has 1 aromatic rings. The van der Waals surface area contributed by atoms with Gasteiger partial charge in [0.25, 0.3) is 0 Å². The van der Waals surface area contributed by atoms with Crippen molar-refractivity contribution in [2.45, 2.75) is 13.0 Å². The summed E-state index contributed by atoms with van der Waals surface area (Å²) < 4.78 is 0. The minimum Gasteiger partial charge on any atom is -0.392 e. The minimum absolute atomic E-state index is 0.0747. The average molecular weight is 222 g/mol. The van der Waals surface area contributed by atoms with E-state index in [0.717, 1.165) is 5.69 Å². The summed E-state index contributed by atoms with van der Waals surface area (Å²) in [5, 5.41) is 11.9. The second-order valence-corrected chi connectivity index (χ2v) is 3.96. The van der Waals surface area contributed by atoms with Gasteiger partial charge in [0.15, 0.2) is 0 Å². The summed E-state index contributed by atoms with van der Waals surface area (Å²) in [6.45, 7) is 2.47. The first-order valence-corrected chi connectivity index (χ1v) is 5.29. The van der Waals surface area contributed by atoms with Crippen LogP contribution in [-0.4, -0.2) is 42.2 Å². The van der Waals surface area contributed by atoms with Crippen LogP contribution in [-0.2, 0) is 4.79 Å². The number of para-hydroxylation sites is 1. The minimum atomic E-state index is -0.422. The predicted octanol–water partition coefficient (Wildman–Crippen LogP) is 0.938. The van der Waals surface area contributed by atoms with Gasteiger partial charge in [0.2, 0.25) is 5.91 Å². The fraction of sp³-hybridized carbons (Fsp3) is 0.417. The number of nitrogens with zero attached hydrogens (tertiary/aromatic N) is 1. The molecular weight excluding hydrogens is 204 g/mol. The van der Waals surface area contributed by atoms with Crippen molar-refractivity contribution in [3.05, 3.63) is 30.3 Å². The van der Waals surface area contributed by atoms with Crippen molar-refractivity contribution in [2.75, 3.05) is 25.5 Å². The van der Waals surface area contributed by atoms with E-state index in [1.54, 1.807) is 18.9 Å². The van der Waals surface area contributed by atoms with Crippen LogP contribution in [0.25, 0.3) is 0 Å². The van der Waals surface area contributed by atoms with Crippen molar-refractivity contribution < 1.29 is 9.90 Å². The van der Waals surface area contributed by atoms with Gasteiger partial charge in [0.1, 0.15) is 0 Å². The monoisotopic (exact) mass is 222 g/mol. The van der Waals surface area contributed by atoms with Crippen molar-refractivity contribution in [1.29, 1.82) is 0 Å². The van der Waals surface area contributed by atoms with Crippen LogP contribution in [0.3, 0.4) is 0 Å². The van der Waals surface area contributed by atoms with Crippen LogP contribution in [0, 0.1) is 0 Å². The number of rotatable bonds is 5. The molecule has 0 heterocycles. The highest BCUT2D eigenvalue weighted by Gasteiger charge is 2.08. The van der Waals surface area contributed by atoms with E-state index in [1.165, 1.54) is 0 Å². The van der Waals surface area contributed by atoms with Crippen molar-refractivity contribution in [2.24, 2.45) is 0 Å². The van der Waals surface area contributed by atoms with Crippen LogP contribution in [0.2, 0.25) is 0 Å². The number of anilines is 1. The summed E-state index contributed by atoms with van der Waals surface area (Å²) in [5.41, 5.74) is 0.790. The Morgan fingerprint density at radius 1 is 1.44 bits per heavy atom. The second kappa shape index (κ2) is 6.25. The lowest BCUT2D eigenvalue weighted by molar-refractivity contribution is -0.117. The largest absolute Gasteiger partial charge is 0.392 e. The van der Waals surface area contributed by atoms with E-state index in [0.29, 0.717) is 6.54 Å². The quantitative estimate of drug-likeness (QED) is 0.779. The van der Waals surface area contributed by atoms with Crippen molar-refractivity contribution in [1.82, 2.24) is 4.90 Å². The molecule has 0 spiro atoms. The molecule has 16 heavy (non-hydrogen) atoms. The Bertz CT molecular complexity index is 325. The van der Waals surface area contributed by atoms with Crippen LogP contribution in [0.1, 0.15) is 6.92 Å². The van der Waals surface area contributed by atoms with Crippen LogP contribution in [0.15, 0.2) is 30.3 Å². The number of aliphatic hydroxyl groups is 1. The molecular formula is C12H18N2O2. The first-order chi connectivity index (χ1) is 7.58. The van der Waals surface area contributed by atoms with Crippen molar-refractivity contribution >= 4 is 11.6 Å². The molecule has 0 aliphatic carbocycles. The van der Waals surface area contributed by atoms with Gasteiger partial charge in [0.05, 0.1) is 12.6 Å². The number of hydrogen-bond acceptors (Lipinski definition) is 3. The molecule has 0 bridgehead atoms. The Morgan fingerprint density at radius 3 is 2.62 bits per heavy atom. The molecule has 0 aromatic heterocycles. The molecule has 2 N–H and O–H groups in total. The average Bonchev–Trinajstić information content (AvgIpc) is 2.17. The lowest BCUT2D eigenvalue weighted by Crippen LogP contribution is -2.34. The molecule has 1 aromatic carbocycles. The zero-order valence-electron chi connectivity index (χ0n) is 9.68. The smallest absolute Gasteiger partial charge is 0.238 e. The highest BCUT2D eigenvalue weighted by molar-refractivity contribution is 5.92. The second-order valence-electron chi connectivity index (χ2n) is 3.96. The third-order valence-corrected chi connectivity index (χ3v) is 2.05. The number of carbonyl (C=O) groups excluding carboxylic acids is 1. The van der Waals surface area contributed by atoms with E-state index >= 15 is 0 Å². The highest BCUT2D eigenvalue weighted by Crippen LogP contribution is 2.04. The normalized spacial score (nSPS) is 12.5. The number of carbonyl (C=O) groups is 1. The topological polar surface area (TPSA) is 52.6 Å². The summed E-state index contributed by atoms with van der Waals surface area (Å²) in [6, 6.07) is 9.32. The van der Waals surface area contributed by atoms with E-state index in [2.05, 4.69) is 5.32 Å². The van der Waals surface area contributed by atoms with Crippen LogP contribution in [0.4, 0.5) is 5.69 Å². The van der Waals surface area contributed by atoms with E-state index in [1.807, 2.05) is 30.3 Å². The summed E-state index contributed by atoms with van der Waals surface area (Å²) >= 11 is 0. The zero-order valence-corrected chi connectivity index (χ0v) is 9.68. The predicted molar refractivity (Wildman–Crippen MR) is 64.2 cm³/mol. The Hall–Kier alpha value is -1.39. The molecule has 0 saturated carbocycles. The SMILES string of the molecule is CC(O)CN(C)CC(=O)Nc1ccccc1. The summed E-state index contributed by atoms with van der Waals surface area (Å²) in [4.78, 5) is 13.4. The van der Waals surface area contributed by atoms with Gasteiger partial charge < -0.3 is 10.4 Å². The van der Waals surface area contributed by atoms with Gasteiger partial charge >= 0.3 is 0 Å². The third kappa shape index (κ3) is 4.91. The van der Waals surface area contributed by atoms with E-state index in [-0.39, 0.29) is 12.5 Å². The zero-order chi connectivity index (χ0) is 12.0. The molecule has 1 atom stereocenters. The van der Waals surface area contributed by atoms with Gasteiger partial charge in [-0.05, 0) is 26.1 Å². The number of amides is 1. The first kappa shape index (κ1) is 12.7. The molecule has 0 saturated heterocycles. The number of benzene rings is 1. The molecule has 88 valence electrons. The molecule has 4 nitrogen and oxygen atoms in total. The Labute approximate surface area is 95.9 Å². The summed E-state index contributed by atoms with van der Waals surface area (Å²) in [7, 11) is 1.80. The number of hydrogen-bond donors (Lipinski definition) is 2. The van der Waals surface area contributed by atoms with Gasteiger partial charge in [-0.2, -0.15) is 0 Å². The lowest BCUT2D eigenvalue weighted by atomic mass is 10.3. The maximum Gasteiger partial charge on any atom is 0.238 e. The Kier molecular flexibility index (Phi) is 4.95. The van der Waals surface area contributed by atoms with Crippen LogP contribution in [0.5, 0.6) is 0 Å². The van der Waals surface area contributed by atoms with Crippen LogP contribution < -0.4 is 5.32 Å². The van der Waals surface area contributed by atoms with Crippen LogP contribution >= 0.6 is 0 Å². The van der Waals surface area contributed by atoms with Gasteiger partial charge in [-0.25, -0.2) is 0 Å². The third-order valence-electron chi connectivity index (χ3n) is 2.05. The molecule has 0 radical (unpaired) electrons. The fourth-order valence-electron chi connectivity index (χ4n) is 1.48. The Morgan fingerprint density at radius 2 is 2.06 bits per heavy atom. The maximum absolute atomic E-state index is 11.6. The van der Waals surface area contributed by atoms with Crippen molar-refractivity contribution in [3.8, 4) is 0 Å². The molecule has 1 unspecified atom stereocenters. The standard InChI is InChI=1S/C12H18N2O2/c1-10(15)8-14(2)9-12(16)13-11-6-4-3-5-7-11/h3-7,10,15H,8-9H2,1-2H3,(H,13,16). The molecule has 1 amide bonds. The molecule has 1 rings (SSSR count). The van der Waals surface area contributed by atoms with E-state index < -0.39 is 6.10 Å². The molecule has 4 heteroatoms. The molecule has 0 aliphatic rings.